The number of aliphatic hydroxyl groups is 1. The molecule has 1 fully saturated rings. The Bertz CT molecular complexity index is 227. The molecule has 0 aliphatic carbocycles. The first-order valence-corrected chi connectivity index (χ1v) is 3.64. The van der Waals surface area contributed by atoms with Gasteiger partial charge in [-0.2, -0.15) is 0 Å². The summed E-state index contributed by atoms with van der Waals surface area (Å²) in [5, 5.41) is 17.8. The lowest BCUT2D eigenvalue weighted by Gasteiger charge is -2.16. The molecule has 5 nitrogen and oxygen atoms in total. The maximum absolute atomic E-state index is 11.0. The molecule has 0 aromatic carbocycles. The van der Waals surface area contributed by atoms with Gasteiger partial charge < -0.3 is 15.1 Å². The van der Waals surface area contributed by atoms with E-state index in [1.165, 1.54) is 11.9 Å². The normalized spacial score (nSPS) is 35.8. The summed E-state index contributed by atoms with van der Waals surface area (Å²) in [6.45, 7) is 1.60. The van der Waals surface area contributed by atoms with Crippen LogP contribution in [0.5, 0.6) is 0 Å². The monoisotopic (exact) mass is 173 g/mol. The molecule has 2 N–H and O–H groups in total. The zero-order valence-electron chi connectivity index (χ0n) is 6.89. The van der Waals surface area contributed by atoms with E-state index >= 15 is 0 Å². The van der Waals surface area contributed by atoms with Crippen LogP contribution >= 0.6 is 0 Å². The third kappa shape index (κ3) is 1.06. The van der Waals surface area contributed by atoms with Crippen molar-refractivity contribution >= 4 is 11.9 Å². The summed E-state index contributed by atoms with van der Waals surface area (Å²) in [7, 11) is 1.49. The van der Waals surface area contributed by atoms with Gasteiger partial charge in [-0.3, -0.25) is 9.59 Å². The number of amides is 1. The molecule has 1 heterocycles. The van der Waals surface area contributed by atoms with Gasteiger partial charge >= 0.3 is 5.97 Å². The molecule has 12 heavy (non-hydrogen) atoms. The number of carboxylic acid groups (broad SMARTS) is 1. The first kappa shape index (κ1) is 8.99. The third-order valence-corrected chi connectivity index (χ3v) is 2.36. The summed E-state index contributed by atoms with van der Waals surface area (Å²) in [5.74, 6) is -2.65. The second-order valence-corrected chi connectivity index (χ2v) is 3.00. The number of nitrogens with zero attached hydrogens (tertiary/aromatic N) is 1. The number of hydrogen-bond donors (Lipinski definition) is 2. The Kier molecular flexibility index (Phi) is 2.06. The average Bonchev–Trinajstić information content (AvgIpc) is 2.16. The van der Waals surface area contributed by atoms with E-state index in [-0.39, 0.29) is 0 Å². The third-order valence-electron chi connectivity index (χ3n) is 2.36. The maximum atomic E-state index is 11.0. The quantitative estimate of drug-likeness (QED) is 0.528. The minimum absolute atomic E-state index is 0.440. The highest BCUT2D eigenvalue weighted by atomic mass is 16.4. The zero-order chi connectivity index (χ0) is 9.46. The van der Waals surface area contributed by atoms with Crippen molar-refractivity contribution in [1.29, 1.82) is 0 Å². The Balaban J connectivity index is 2.90. The smallest absolute Gasteiger partial charge is 0.311 e. The number of aliphatic carboxylic acids is 1. The van der Waals surface area contributed by atoms with Crippen molar-refractivity contribution in [3.05, 3.63) is 0 Å². The van der Waals surface area contributed by atoms with Gasteiger partial charge in [0, 0.05) is 13.1 Å². The highest BCUT2D eigenvalue weighted by molar-refractivity contribution is 5.90. The van der Waals surface area contributed by atoms with Crippen LogP contribution in [-0.4, -0.2) is 46.2 Å². The van der Waals surface area contributed by atoms with Gasteiger partial charge in [-0.25, -0.2) is 0 Å². The maximum Gasteiger partial charge on any atom is 0.311 e. The zero-order valence-corrected chi connectivity index (χ0v) is 6.89. The SMILES string of the molecule is C[C@H]1[C@H](C(=O)O)[C@H](O)C(=O)N1C. The van der Waals surface area contributed by atoms with Crippen molar-refractivity contribution in [2.45, 2.75) is 19.1 Å². The predicted octanol–water partition coefficient (Wildman–Crippen LogP) is -1.09. The molecule has 68 valence electrons. The lowest BCUT2D eigenvalue weighted by Crippen LogP contribution is -2.32. The fourth-order valence-electron chi connectivity index (χ4n) is 1.41. The molecule has 0 aromatic rings. The van der Waals surface area contributed by atoms with Crippen LogP contribution in [0.4, 0.5) is 0 Å². The molecule has 0 spiro atoms. The fourth-order valence-corrected chi connectivity index (χ4v) is 1.41. The fraction of sp³-hybridized carbons (Fsp3) is 0.714. The Morgan fingerprint density at radius 2 is 2.08 bits per heavy atom. The summed E-state index contributed by atoms with van der Waals surface area (Å²) in [4.78, 5) is 22.9. The first-order valence-electron chi connectivity index (χ1n) is 3.64. The summed E-state index contributed by atoms with van der Waals surface area (Å²) in [6.07, 6.45) is -1.39. The Labute approximate surface area is 69.6 Å². The van der Waals surface area contributed by atoms with Crippen molar-refractivity contribution in [1.82, 2.24) is 4.90 Å². The number of likely N-dealkylation sites (tertiary alicyclic amines) is 1. The van der Waals surface area contributed by atoms with Gasteiger partial charge in [0.15, 0.2) is 0 Å². The summed E-state index contributed by atoms with van der Waals surface area (Å²) in [5.41, 5.74) is 0. The van der Waals surface area contributed by atoms with Crippen LogP contribution in [0.3, 0.4) is 0 Å². The van der Waals surface area contributed by atoms with Crippen molar-refractivity contribution in [2.75, 3.05) is 7.05 Å². The molecule has 1 aliphatic rings. The summed E-state index contributed by atoms with van der Waals surface area (Å²) in [6, 6.07) is -0.440. The van der Waals surface area contributed by atoms with Gasteiger partial charge in [0.2, 0.25) is 0 Å². The molecule has 0 unspecified atom stereocenters. The highest BCUT2D eigenvalue weighted by Crippen LogP contribution is 2.24. The number of likely N-dealkylation sites (N-methyl/N-ethyl adjacent to an activating group) is 1. The van der Waals surface area contributed by atoms with Gasteiger partial charge in [0.1, 0.15) is 12.0 Å². The van der Waals surface area contributed by atoms with E-state index in [1.54, 1.807) is 6.92 Å². The highest BCUT2D eigenvalue weighted by Gasteiger charge is 2.47. The van der Waals surface area contributed by atoms with Gasteiger partial charge in [-0.15, -0.1) is 0 Å². The average molecular weight is 173 g/mol. The lowest BCUT2D eigenvalue weighted by molar-refractivity contribution is -0.147. The van der Waals surface area contributed by atoms with Crippen LogP contribution in [0.1, 0.15) is 6.92 Å². The Morgan fingerprint density at radius 1 is 1.58 bits per heavy atom. The van der Waals surface area contributed by atoms with Crippen molar-refractivity contribution < 1.29 is 19.8 Å². The van der Waals surface area contributed by atoms with Crippen LogP contribution in [0, 0.1) is 5.92 Å². The molecular weight excluding hydrogens is 162 g/mol. The minimum Gasteiger partial charge on any atom is -0.481 e. The van der Waals surface area contributed by atoms with E-state index in [0.29, 0.717) is 0 Å². The standard InChI is InChI=1S/C7H11NO4/c1-3-4(7(11)12)5(9)6(10)8(3)2/h3-5,9H,1-2H3,(H,11,12)/t3-,4-,5-/m0/s1. The number of aliphatic hydroxyl groups excluding tert-OH is 1. The molecule has 0 bridgehead atoms. The summed E-state index contributed by atoms with van der Waals surface area (Å²) >= 11 is 0. The lowest BCUT2D eigenvalue weighted by atomic mass is 10.00. The topological polar surface area (TPSA) is 77.8 Å². The van der Waals surface area contributed by atoms with E-state index in [9.17, 15) is 14.7 Å². The van der Waals surface area contributed by atoms with Crippen LogP contribution in [-0.2, 0) is 9.59 Å². The van der Waals surface area contributed by atoms with Crippen LogP contribution < -0.4 is 0 Å². The van der Waals surface area contributed by atoms with E-state index in [1.807, 2.05) is 0 Å². The minimum atomic E-state index is -1.39. The number of carbonyl (C=O) groups excluding carboxylic acids is 1. The molecule has 0 radical (unpaired) electrons. The van der Waals surface area contributed by atoms with Crippen LogP contribution in [0.25, 0.3) is 0 Å². The van der Waals surface area contributed by atoms with Crippen molar-refractivity contribution in [3.8, 4) is 0 Å². The summed E-state index contributed by atoms with van der Waals surface area (Å²) < 4.78 is 0. The predicted molar refractivity (Wildman–Crippen MR) is 39.4 cm³/mol. The number of carboxylic acids is 1. The molecular formula is C7H11NO4. The number of hydrogen-bond acceptors (Lipinski definition) is 3. The molecule has 1 aliphatic heterocycles. The molecule has 3 atom stereocenters. The van der Waals surface area contributed by atoms with E-state index in [4.69, 9.17) is 5.11 Å². The van der Waals surface area contributed by atoms with Gasteiger partial charge in [-0.05, 0) is 6.92 Å². The molecule has 5 heteroatoms. The van der Waals surface area contributed by atoms with E-state index in [0.717, 1.165) is 0 Å². The van der Waals surface area contributed by atoms with Crippen LogP contribution in [0.15, 0.2) is 0 Å². The molecule has 1 rings (SSSR count). The van der Waals surface area contributed by atoms with Crippen molar-refractivity contribution in [2.24, 2.45) is 5.92 Å². The molecule has 0 saturated carbocycles. The van der Waals surface area contributed by atoms with Crippen molar-refractivity contribution in [3.63, 3.8) is 0 Å². The van der Waals surface area contributed by atoms with Gasteiger partial charge in [-0.1, -0.05) is 0 Å². The van der Waals surface area contributed by atoms with E-state index in [2.05, 4.69) is 0 Å². The van der Waals surface area contributed by atoms with Gasteiger partial charge in [0.25, 0.3) is 5.91 Å². The second-order valence-electron chi connectivity index (χ2n) is 3.00. The molecule has 1 amide bonds. The molecule has 0 aromatic heterocycles. The Hall–Kier alpha value is -1.10. The Morgan fingerprint density at radius 3 is 2.25 bits per heavy atom. The largest absolute Gasteiger partial charge is 0.481 e. The molecule has 1 saturated heterocycles. The van der Waals surface area contributed by atoms with Crippen LogP contribution in [0.2, 0.25) is 0 Å². The second kappa shape index (κ2) is 2.75. The van der Waals surface area contributed by atoms with Gasteiger partial charge in [0.05, 0.1) is 0 Å². The first-order chi connectivity index (χ1) is 5.46. The number of carbonyl (C=O) groups is 2. The number of rotatable bonds is 1. The van der Waals surface area contributed by atoms with E-state index < -0.39 is 29.9 Å².